The van der Waals surface area contributed by atoms with Crippen LogP contribution in [-0.2, 0) is 16.1 Å². The first-order valence-corrected chi connectivity index (χ1v) is 12.0. The molecule has 0 spiro atoms. The minimum absolute atomic E-state index is 0.0505. The normalized spacial score (nSPS) is 18.7. The molecular formula is C23H26ClN5O3S. The van der Waals surface area contributed by atoms with Crippen LogP contribution in [0.5, 0.6) is 5.06 Å². The number of carbonyl (C=O) groups is 2. The SMILES string of the molecule is CCC[C@@H]1C(=O)N(Cc2ccc3c(N)ncnc3c2)[C@@H](C)CN1C(=O)COc1ccc(Cl)s1. The van der Waals surface area contributed by atoms with Crippen LogP contribution in [0.4, 0.5) is 5.82 Å². The number of halogens is 1. The van der Waals surface area contributed by atoms with Crippen molar-refractivity contribution >= 4 is 51.5 Å². The van der Waals surface area contributed by atoms with Crippen LogP contribution in [0.2, 0.25) is 4.34 Å². The monoisotopic (exact) mass is 487 g/mol. The van der Waals surface area contributed by atoms with Crippen molar-refractivity contribution in [3.63, 3.8) is 0 Å². The van der Waals surface area contributed by atoms with Gasteiger partial charge in [-0.15, -0.1) is 0 Å². The molecule has 2 aromatic heterocycles. The number of anilines is 1. The average Bonchev–Trinajstić information content (AvgIpc) is 3.22. The van der Waals surface area contributed by atoms with Crippen molar-refractivity contribution < 1.29 is 14.3 Å². The Morgan fingerprint density at radius 2 is 2.12 bits per heavy atom. The number of nitrogens with zero attached hydrogens (tertiary/aromatic N) is 4. The van der Waals surface area contributed by atoms with Gasteiger partial charge in [0.25, 0.3) is 5.91 Å². The van der Waals surface area contributed by atoms with E-state index in [1.165, 1.54) is 17.7 Å². The number of nitrogens with two attached hydrogens (primary N) is 1. The Hall–Kier alpha value is -2.91. The fourth-order valence-electron chi connectivity index (χ4n) is 4.12. The second-order valence-corrected chi connectivity index (χ2v) is 9.80. The number of aromatic nitrogens is 2. The van der Waals surface area contributed by atoms with Crippen molar-refractivity contribution in [3.05, 3.63) is 46.6 Å². The molecule has 2 amide bonds. The summed E-state index contributed by atoms with van der Waals surface area (Å²) in [5, 5.41) is 1.37. The van der Waals surface area contributed by atoms with E-state index in [2.05, 4.69) is 9.97 Å². The van der Waals surface area contributed by atoms with Gasteiger partial charge in [0.2, 0.25) is 5.91 Å². The molecule has 0 bridgehead atoms. The molecule has 1 aliphatic rings. The number of hydrogen-bond donors (Lipinski definition) is 1. The van der Waals surface area contributed by atoms with Gasteiger partial charge >= 0.3 is 0 Å². The average molecular weight is 488 g/mol. The summed E-state index contributed by atoms with van der Waals surface area (Å²) in [5.41, 5.74) is 7.62. The van der Waals surface area contributed by atoms with Crippen LogP contribution in [-0.4, -0.2) is 56.8 Å². The Kier molecular flexibility index (Phi) is 6.99. The highest BCUT2D eigenvalue weighted by Crippen LogP contribution is 2.29. The molecule has 1 fully saturated rings. The zero-order valence-corrected chi connectivity index (χ0v) is 20.1. The van der Waals surface area contributed by atoms with Crippen molar-refractivity contribution in [1.29, 1.82) is 0 Å². The molecule has 2 atom stereocenters. The number of carbonyl (C=O) groups excluding carboxylic acids is 2. The Bertz CT molecular complexity index is 1170. The molecule has 3 heterocycles. The number of thiophene rings is 1. The van der Waals surface area contributed by atoms with E-state index in [1.54, 1.807) is 17.0 Å². The van der Waals surface area contributed by atoms with E-state index < -0.39 is 6.04 Å². The molecule has 0 saturated carbocycles. The second kappa shape index (κ2) is 9.93. The first kappa shape index (κ1) is 23.3. The summed E-state index contributed by atoms with van der Waals surface area (Å²) in [4.78, 5) is 38.3. The summed E-state index contributed by atoms with van der Waals surface area (Å²) < 4.78 is 6.21. The molecule has 10 heteroatoms. The van der Waals surface area contributed by atoms with Crippen LogP contribution in [0.1, 0.15) is 32.3 Å². The fourth-order valence-corrected chi connectivity index (χ4v) is 5.00. The van der Waals surface area contributed by atoms with Gasteiger partial charge in [-0.3, -0.25) is 9.59 Å². The summed E-state index contributed by atoms with van der Waals surface area (Å²) in [6.07, 6.45) is 2.82. The van der Waals surface area contributed by atoms with Gasteiger partial charge in [-0.2, -0.15) is 0 Å². The minimum atomic E-state index is -0.507. The van der Waals surface area contributed by atoms with Gasteiger partial charge in [-0.1, -0.05) is 42.3 Å². The van der Waals surface area contributed by atoms with E-state index in [0.29, 0.717) is 34.7 Å². The zero-order chi connectivity index (χ0) is 23.5. The second-order valence-electron chi connectivity index (χ2n) is 8.12. The van der Waals surface area contributed by atoms with E-state index in [9.17, 15) is 9.59 Å². The number of amides is 2. The summed E-state index contributed by atoms with van der Waals surface area (Å²) in [6.45, 7) is 4.74. The fraction of sp³-hybridized carbons (Fsp3) is 0.391. The molecule has 0 unspecified atom stereocenters. The Morgan fingerprint density at radius 1 is 1.30 bits per heavy atom. The quantitative estimate of drug-likeness (QED) is 0.544. The number of piperazine rings is 1. The van der Waals surface area contributed by atoms with Crippen LogP contribution in [0, 0.1) is 0 Å². The lowest BCUT2D eigenvalue weighted by atomic mass is 10.0. The molecule has 174 valence electrons. The van der Waals surface area contributed by atoms with Crippen molar-refractivity contribution in [2.75, 3.05) is 18.9 Å². The summed E-state index contributed by atoms with van der Waals surface area (Å²) in [7, 11) is 0. The molecule has 8 nitrogen and oxygen atoms in total. The molecular weight excluding hydrogens is 462 g/mol. The summed E-state index contributed by atoms with van der Waals surface area (Å²) in [5.74, 6) is 0.180. The van der Waals surface area contributed by atoms with Crippen molar-refractivity contribution in [2.45, 2.75) is 45.3 Å². The van der Waals surface area contributed by atoms with Crippen LogP contribution in [0.3, 0.4) is 0 Å². The highest BCUT2D eigenvalue weighted by Gasteiger charge is 2.40. The Labute approximate surface area is 201 Å². The maximum Gasteiger partial charge on any atom is 0.261 e. The molecule has 4 rings (SSSR count). The smallest absolute Gasteiger partial charge is 0.261 e. The molecule has 1 aliphatic heterocycles. The highest BCUT2D eigenvalue weighted by atomic mass is 35.5. The Balaban J connectivity index is 1.49. The third kappa shape index (κ3) is 5.04. The predicted molar refractivity (Wildman–Crippen MR) is 129 cm³/mol. The molecule has 0 aliphatic carbocycles. The largest absolute Gasteiger partial charge is 0.474 e. The molecule has 3 aromatic rings. The molecule has 1 saturated heterocycles. The van der Waals surface area contributed by atoms with Gasteiger partial charge in [-0.05, 0) is 43.2 Å². The van der Waals surface area contributed by atoms with Crippen LogP contribution < -0.4 is 10.5 Å². The standard InChI is InChI=1S/C23H26ClN5O3S/c1-3-4-18-23(31)28(11-15-5-6-16-17(9-15)26-13-27-22(16)25)14(2)10-29(18)20(30)12-32-21-8-7-19(24)33-21/h5-9,13-14,18H,3-4,10-12H2,1-2H3,(H2,25,26,27)/t14-,18+/m0/s1. The lowest BCUT2D eigenvalue weighted by molar-refractivity contribution is -0.156. The van der Waals surface area contributed by atoms with Gasteiger partial charge in [0, 0.05) is 24.5 Å². The van der Waals surface area contributed by atoms with Crippen molar-refractivity contribution in [2.24, 2.45) is 0 Å². The van der Waals surface area contributed by atoms with E-state index in [0.717, 1.165) is 22.9 Å². The number of benzene rings is 1. The first-order valence-electron chi connectivity index (χ1n) is 10.8. The minimum Gasteiger partial charge on any atom is -0.474 e. The molecule has 0 radical (unpaired) electrons. The number of ether oxygens (including phenoxy) is 1. The van der Waals surface area contributed by atoms with Gasteiger partial charge in [-0.25, -0.2) is 9.97 Å². The molecule has 2 N–H and O–H groups in total. The van der Waals surface area contributed by atoms with Crippen LogP contribution >= 0.6 is 22.9 Å². The zero-order valence-electron chi connectivity index (χ0n) is 18.5. The Morgan fingerprint density at radius 3 is 2.85 bits per heavy atom. The summed E-state index contributed by atoms with van der Waals surface area (Å²) >= 11 is 7.20. The van der Waals surface area contributed by atoms with Gasteiger partial charge in [0.05, 0.1) is 9.85 Å². The number of rotatable bonds is 7. The topological polar surface area (TPSA) is 102 Å². The van der Waals surface area contributed by atoms with Gasteiger partial charge < -0.3 is 20.3 Å². The first-order chi connectivity index (χ1) is 15.9. The van der Waals surface area contributed by atoms with E-state index in [4.69, 9.17) is 22.1 Å². The third-order valence-electron chi connectivity index (χ3n) is 5.79. The third-order valence-corrected chi connectivity index (χ3v) is 6.93. The van der Waals surface area contributed by atoms with Crippen molar-refractivity contribution in [1.82, 2.24) is 19.8 Å². The lowest BCUT2D eigenvalue weighted by Gasteiger charge is -2.44. The van der Waals surface area contributed by atoms with E-state index in [1.807, 2.05) is 36.9 Å². The van der Waals surface area contributed by atoms with E-state index in [-0.39, 0.29) is 24.5 Å². The highest BCUT2D eigenvalue weighted by molar-refractivity contribution is 7.17. The maximum absolute atomic E-state index is 13.5. The molecule has 33 heavy (non-hydrogen) atoms. The predicted octanol–water partition coefficient (Wildman–Crippen LogP) is 3.73. The van der Waals surface area contributed by atoms with Gasteiger partial charge in [0.15, 0.2) is 11.7 Å². The maximum atomic E-state index is 13.5. The van der Waals surface area contributed by atoms with Gasteiger partial charge in [0.1, 0.15) is 18.2 Å². The van der Waals surface area contributed by atoms with Crippen LogP contribution in [0.15, 0.2) is 36.7 Å². The molecule has 1 aromatic carbocycles. The number of nitrogen functional groups attached to an aromatic ring is 1. The summed E-state index contributed by atoms with van der Waals surface area (Å²) in [6, 6.07) is 8.56. The van der Waals surface area contributed by atoms with Crippen molar-refractivity contribution in [3.8, 4) is 5.06 Å². The van der Waals surface area contributed by atoms with E-state index >= 15 is 0 Å². The number of hydrogen-bond acceptors (Lipinski definition) is 7. The number of fused-ring (bicyclic) bond motifs is 1. The van der Waals surface area contributed by atoms with Crippen LogP contribution in [0.25, 0.3) is 10.9 Å². The lowest BCUT2D eigenvalue weighted by Crippen LogP contribution is -2.62.